The molecule has 0 heterocycles. The van der Waals surface area contributed by atoms with Crippen LogP contribution in [0.25, 0.3) is 0 Å². The smallest absolute Gasteiger partial charge is 0.313 e. The lowest BCUT2D eigenvalue weighted by Crippen LogP contribution is -2.02. The number of carboxylic acid groups (broad SMARTS) is 1. The third kappa shape index (κ3) is 4.36. The zero-order chi connectivity index (χ0) is 13.5. The van der Waals surface area contributed by atoms with Gasteiger partial charge in [-0.15, -0.1) is 0 Å². The summed E-state index contributed by atoms with van der Waals surface area (Å²) in [5.74, 6) is -1.63. The number of rotatable bonds is 7. The summed E-state index contributed by atoms with van der Waals surface area (Å²) in [7, 11) is 0. The molecule has 7 heteroatoms. The zero-order valence-electron chi connectivity index (χ0n) is 9.47. The summed E-state index contributed by atoms with van der Waals surface area (Å²) in [5.41, 5.74) is -0.437. The molecule has 0 saturated carbocycles. The number of carboxylic acids is 1. The van der Waals surface area contributed by atoms with Crippen LogP contribution in [-0.2, 0) is 4.79 Å². The number of ether oxygens (including phenoxy) is 1. The summed E-state index contributed by atoms with van der Waals surface area (Å²) in [5, 5.41) is 19.0. The van der Waals surface area contributed by atoms with Gasteiger partial charge in [-0.05, 0) is 25.0 Å². The Labute approximate surface area is 102 Å². The number of benzene rings is 1. The second kappa shape index (κ2) is 6.53. The third-order valence-corrected chi connectivity index (χ3v) is 2.16. The molecule has 18 heavy (non-hydrogen) atoms. The molecule has 0 bridgehead atoms. The molecule has 98 valence electrons. The van der Waals surface area contributed by atoms with Crippen LogP contribution in [0.15, 0.2) is 18.2 Å². The number of halogens is 1. The minimum absolute atomic E-state index is 0.0169. The fourth-order valence-corrected chi connectivity index (χ4v) is 1.32. The molecule has 0 spiro atoms. The Hall–Kier alpha value is -2.18. The number of nitro groups is 1. The highest BCUT2D eigenvalue weighted by Gasteiger charge is 2.15. The number of carbonyl (C=O) groups is 1. The van der Waals surface area contributed by atoms with Crippen LogP contribution in [0.1, 0.15) is 19.3 Å². The molecule has 6 nitrogen and oxygen atoms in total. The van der Waals surface area contributed by atoms with Crippen molar-refractivity contribution in [3.63, 3.8) is 0 Å². The molecule has 0 saturated heterocycles. The lowest BCUT2D eigenvalue weighted by atomic mass is 10.2. The first-order chi connectivity index (χ1) is 8.50. The van der Waals surface area contributed by atoms with Gasteiger partial charge in [-0.1, -0.05) is 0 Å². The van der Waals surface area contributed by atoms with Crippen LogP contribution in [0.2, 0.25) is 0 Å². The Bertz CT molecular complexity index is 449. The van der Waals surface area contributed by atoms with Gasteiger partial charge in [-0.2, -0.15) is 0 Å². The minimum Gasteiger partial charge on any atom is -0.487 e. The van der Waals surface area contributed by atoms with E-state index in [0.29, 0.717) is 12.8 Å². The SMILES string of the molecule is O=C(O)CCCCOc1ccc(F)cc1[N+](=O)[O-]. The predicted octanol–water partition coefficient (Wildman–Crippen LogP) is 2.37. The summed E-state index contributed by atoms with van der Waals surface area (Å²) in [4.78, 5) is 20.1. The summed E-state index contributed by atoms with van der Waals surface area (Å²) < 4.78 is 17.9. The van der Waals surface area contributed by atoms with E-state index in [4.69, 9.17) is 9.84 Å². The molecule has 0 radical (unpaired) electrons. The number of hydrogen-bond acceptors (Lipinski definition) is 4. The molecule has 1 rings (SSSR count). The first kappa shape index (κ1) is 13.9. The molecule has 0 unspecified atom stereocenters. The summed E-state index contributed by atoms with van der Waals surface area (Å²) >= 11 is 0. The van der Waals surface area contributed by atoms with Gasteiger partial charge in [0.1, 0.15) is 5.82 Å². The fourth-order valence-electron chi connectivity index (χ4n) is 1.32. The van der Waals surface area contributed by atoms with Crippen LogP contribution in [-0.4, -0.2) is 22.6 Å². The average molecular weight is 257 g/mol. The van der Waals surface area contributed by atoms with E-state index in [1.807, 2.05) is 0 Å². The van der Waals surface area contributed by atoms with E-state index in [1.165, 1.54) is 6.07 Å². The van der Waals surface area contributed by atoms with E-state index >= 15 is 0 Å². The highest BCUT2D eigenvalue weighted by atomic mass is 19.1. The molecule has 1 N–H and O–H groups in total. The molecule has 0 amide bonds. The molecular formula is C11H12FNO5. The third-order valence-electron chi connectivity index (χ3n) is 2.16. The van der Waals surface area contributed by atoms with Crippen molar-refractivity contribution in [2.75, 3.05) is 6.61 Å². The fraction of sp³-hybridized carbons (Fsp3) is 0.364. The van der Waals surface area contributed by atoms with Crippen molar-refractivity contribution in [1.29, 1.82) is 0 Å². The van der Waals surface area contributed by atoms with Gasteiger partial charge in [-0.25, -0.2) is 4.39 Å². The Balaban J connectivity index is 2.51. The first-order valence-electron chi connectivity index (χ1n) is 5.29. The largest absolute Gasteiger partial charge is 0.487 e. The lowest BCUT2D eigenvalue weighted by Gasteiger charge is -2.06. The number of hydrogen-bond donors (Lipinski definition) is 1. The molecule has 0 fully saturated rings. The second-order valence-electron chi connectivity index (χ2n) is 3.57. The van der Waals surface area contributed by atoms with E-state index in [9.17, 15) is 19.3 Å². The first-order valence-corrected chi connectivity index (χ1v) is 5.29. The molecule has 0 aliphatic rings. The Kier molecular flexibility index (Phi) is 5.04. The quantitative estimate of drug-likeness (QED) is 0.460. The van der Waals surface area contributed by atoms with E-state index in [2.05, 4.69) is 0 Å². The van der Waals surface area contributed by atoms with Crippen molar-refractivity contribution in [2.45, 2.75) is 19.3 Å². The Morgan fingerprint density at radius 2 is 2.17 bits per heavy atom. The second-order valence-corrected chi connectivity index (χ2v) is 3.57. The summed E-state index contributed by atoms with van der Waals surface area (Å²) in [6, 6.07) is 3.04. The Morgan fingerprint density at radius 1 is 1.44 bits per heavy atom. The van der Waals surface area contributed by atoms with Gasteiger partial charge in [0.2, 0.25) is 0 Å². The maximum Gasteiger partial charge on any atom is 0.313 e. The van der Waals surface area contributed by atoms with Crippen LogP contribution in [0.5, 0.6) is 5.75 Å². The molecule has 1 aromatic rings. The summed E-state index contributed by atoms with van der Waals surface area (Å²) in [6.45, 7) is 0.153. The van der Waals surface area contributed by atoms with Gasteiger partial charge < -0.3 is 9.84 Å². The van der Waals surface area contributed by atoms with Crippen LogP contribution in [0, 0.1) is 15.9 Å². The van der Waals surface area contributed by atoms with Crippen molar-refractivity contribution < 1.29 is 24.0 Å². The monoisotopic (exact) mass is 257 g/mol. The number of nitrogens with zero attached hydrogens (tertiary/aromatic N) is 1. The van der Waals surface area contributed by atoms with Crippen molar-refractivity contribution >= 4 is 11.7 Å². The van der Waals surface area contributed by atoms with Crippen molar-refractivity contribution in [2.24, 2.45) is 0 Å². The van der Waals surface area contributed by atoms with Crippen molar-refractivity contribution in [3.05, 3.63) is 34.1 Å². The molecule has 0 aliphatic carbocycles. The van der Waals surface area contributed by atoms with Gasteiger partial charge in [0.25, 0.3) is 0 Å². The predicted molar refractivity (Wildman–Crippen MR) is 60.0 cm³/mol. The van der Waals surface area contributed by atoms with Gasteiger partial charge in [0, 0.05) is 6.42 Å². The average Bonchev–Trinajstić information content (AvgIpc) is 2.29. The molecular weight excluding hydrogens is 245 g/mol. The number of aliphatic carboxylic acids is 1. The Morgan fingerprint density at radius 3 is 2.78 bits per heavy atom. The van der Waals surface area contributed by atoms with E-state index in [1.54, 1.807) is 0 Å². The van der Waals surface area contributed by atoms with Crippen LogP contribution in [0.3, 0.4) is 0 Å². The molecule has 0 atom stereocenters. The van der Waals surface area contributed by atoms with Crippen molar-refractivity contribution in [3.8, 4) is 5.75 Å². The van der Waals surface area contributed by atoms with Gasteiger partial charge in [0.05, 0.1) is 17.6 Å². The molecule has 0 aliphatic heterocycles. The lowest BCUT2D eigenvalue weighted by molar-refractivity contribution is -0.386. The standard InChI is InChI=1S/C11H12FNO5/c12-8-4-5-10(9(7-8)13(16)17)18-6-2-1-3-11(14)15/h4-5,7H,1-3,6H2,(H,14,15). The number of nitro benzene ring substituents is 1. The maximum atomic E-state index is 12.8. The highest BCUT2D eigenvalue weighted by Crippen LogP contribution is 2.27. The topological polar surface area (TPSA) is 89.7 Å². The van der Waals surface area contributed by atoms with Gasteiger partial charge in [-0.3, -0.25) is 14.9 Å². The van der Waals surface area contributed by atoms with Gasteiger partial charge >= 0.3 is 11.7 Å². The van der Waals surface area contributed by atoms with E-state index < -0.39 is 22.4 Å². The number of unbranched alkanes of at least 4 members (excludes halogenated alkanes) is 1. The molecule has 0 aromatic heterocycles. The normalized spacial score (nSPS) is 10.1. The van der Waals surface area contributed by atoms with Crippen molar-refractivity contribution in [1.82, 2.24) is 0 Å². The maximum absolute atomic E-state index is 12.8. The van der Waals surface area contributed by atoms with E-state index in [0.717, 1.165) is 12.1 Å². The zero-order valence-corrected chi connectivity index (χ0v) is 9.47. The molecule has 1 aromatic carbocycles. The minimum atomic E-state index is -0.900. The van der Waals surface area contributed by atoms with Crippen LogP contribution < -0.4 is 4.74 Å². The van der Waals surface area contributed by atoms with Crippen LogP contribution in [0.4, 0.5) is 10.1 Å². The van der Waals surface area contributed by atoms with E-state index in [-0.39, 0.29) is 18.8 Å². The summed E-state index contributed by atoms with van der Waals surface area (Å²) in [6.07, 6.45) is 0.903. The van der Waals surface area contributed by atoms with Gasteiger partial charge in [0.15, 0.2) is 5.75 Å². The highest BCUT2D eigenvalue weighted by molar-refractivity contribution is 5.66. The van der Waals surface area contributed by atoms with Crippen LogP contribution >= 0.6 is 0 Å².